The summed E-state index contributed by atoms with van der Waals surface area (Å²) >= 11 is 0. The first kappa shape index (κ1) is 15.7. The molecule has 0 saturated heterocycles. The van der Waals surface area contributed by atoms with Crippen molar-refractivity contribution in [3.63, 3.8) is 0 Å². The van der Waals surface area contributed by atoms with E-state index < -0.39 is 5.97 Å². The Balaban J connectivity index is 1.50. The maximum atomic E-state index is 13.0. The highest BCUT2D eigenvalue weighted by atomic mass is 19.1. The van der Waals surface area contributed by atoms with Crippen molar-refractivity contribution < 1.29 is 14.3 Å². The lowest BCUT2D eigenvalue weighted by molar-refractivity contribution is 0.0697. The summed E-state index contributed by atoms with van der Waals surface area (Å²) in [7, 11) is 0. The largest absolute Gasteiger partial charge is 0.478 e. The van der Waals surface area contributed by atoms with Gasteiger partial charge in [0.15, 0.2) is 0 Å². The molecule has 1 aliphatic carbocycles. The number of benzene rings is 2. The van der Waals surface area contributed by atoms with Crippen LogP contribution in [-0.4, -0.2) is 17.6 Å². The van der Waals surface area contributed by atoms with Gasteiger partial charge in [0.05, 0.1) is 5.56 Å². The Labute approximate surface area is 135 Å². The molecule has 1 saturated carbocycles. The van der Waals surface area contributed by atoms with Crippen LogP contribution in [0.5, 0.6) is 0 Å². The maximum Gasteiger partial charge on any atom is 0.335 e. The SMILES string of the molecule is O=C(O)c1ccc(CNCC2(Cc3ccc(F)cc3)CC2)cc1. The van der Waals surface area contributed by atoms with Crippen LogP contribution in [0.4, 0.5) is 4.39 Å². The van der Waals surface area contributed by atoms with E-state index in [1.165, 1.54) is 30.5 Å². The zero-order chi connectivity index (χ0) is 16.3. The lowest BCUT2D eigenvalue weighted by atomic mass is 9.96. The number of carboxylic acids is 1. The minimum Gasteiger partial charge on any atom is -0.478 e. The molecule has 2 aromatic rings. The Bertz CT molecular complexity index is 676. The second-order valence-corrected chi connectivity index (χ2v) is 6.41. The van der Waals surface area contributed by atoms with E-state index in [1.54, 1.807) is 12.1 Å². The van der Waals surface area contributed by atoms with E-state index in [4.69, 9.17) is 5.11 Å². The molecule has 0 aliphatic heterocycles. The monoisotopic (exact) mass is 313 g/mol. The predicted octanol–water partition coefficient (Wildman–Crippen LogP) is 3.64. The molecule has 2 aromatic carbocycles. The number of halogens is 1. The van der Waals surface area contributed by atoms with Gasteiger partial charge in [-0.3, -0.25) is 0 Å². The molecule has 23 heavy (non-hydrogen) atoms. The van der Waals surface area contributed by atoms with Crippen molar-refractivity contribution in [3.8, 4) is 0 Å². The number of carbonyl (C=O) groups is 1. The van der Waals surface area contributed by atoms with Crippen molar-refractivity contribution in [1.29, 1.82) is 0 Å². The van der Waals surface area contributed by atoms with Crippen LogP contribution in [0.15, 0.2) is 48.5 Å². The van der Waals surface area contributed by atoms with E-state index in [-0.39, 0.29) is 5.82 Å². The summed E-state index contributed by atoms with van der Waals surface area (Å²) in [5, 5.41) is 12.3. The van der Waals surface area contributed by atoms with Crippen LogP contribution >= 0.6 is 0 Å². The molecular weight excluding hydrogens is 293 g/mol. The molecule has 0 atom stereocenters. The summed E-state index contributed by atoms with van der Waals surface area (Å²) in [5.41, 5.74) is 2.85. The second-order valence-electron chi connectivity index (χ2n) is 6.41. The van der Waals surface area contributed by atoms with Gasteiger partial charge in [-0.05, 0) is 60.1 Å². The van der Waals surface area contributed by atoms with Crippen molar-refractivity contribution in [2.24, 2.45) is 5.41 Å². The van der Waals surface area contributed by atoms with Crippen molar-refractivity contribution in [3.05, 3.63) is 71.0 Å². The van der Waals surface area contributed by atoms with Crippen LogP contribution in [0.2, 0.25) is 0 Å². The molecule has 4 heteroatoms. The minimum absolute atomic E-state index is 0.193. The zero-order valence-corrected chi connectivity index (χ0v) is 12.9. The van der Waals surface area contributed by atoms with Gasteiger partial charge in [0.2, 0.25) is 0 Å². The van der Waals surface area contributed by atoms with Crippen LogP contribution in [0.25, 0.3) is 0 Å². The minimum atomic E-state index is -0.902. The third-order valence-corrected chi connectivity index (χ3v) is 4.48. The number of hydrogen-bond acceptors (Lipinski definition) is 2. The quantitative estimate of drug-likeness (QED) is 0.820. The Morgan fingerprint density at radius 2 is 1.65 bits per heavy atom. The highest BCUT2D eigenvalue weighted by Crippen LogP contribution is 2.47. The molecule has 0 spiro atoms. The van der Waals surface area contributed by atoms with E-state index in [2.05, 4.69) is 5.32 Å². The fraction of sp³-hybridized carbons (Fsp3) is 0.316. The predicted molar refractivity (Wildman–Crippen MR) is 86.9 cm³/mol. The van der Waals surface area contributed by atoms with Gasteiger partial charge in [-0.25, -0.2) is 9.18 Å². The molecule has 1 fully saturated rings. The van der Waals surface area contributed by atoms with E-state index >= 15 is 0 Å². The number of nitrogens with one attached hydrogen (secondary N) is 1. The normalized spacial score (nSPS) is 15.3. The van der Waals surface area contributed by atoms with Crippen LogP contribution in [0.3, 0.4) is 0 Å². The lowest BCUT2D eigenvalue weighted by Gasteiger charge is -2.16. The van der Waals surface area contributed by atoms with Crippen molar-refractivity contribution >= 4 is 5.97 Å². The number of aromatic carboxylic acids is 1. The highest BCUT2D eigenvalue weighted by molar-refractivity contribution is 5.87. The van der Waals surface area contributed by atoms with Gasteiger partial charge in [-0.1, -0.05) is 24.3 Å². The summed E-state index contributed by atoms with van der Waals surface area (Å²) in [6, 6.07) is 13.7. The van der Waals surface area contributed by atoms with E-state index in [0.717, 1.165) is 25.1 Å². The van der Waals surface area contributed by atoms with E-state index in [0.29, 0.717) is 11.0 Å². The third-order valence-electron chi connectivity index (χ3n) is 4.48. The summed E-state index contributed by atoms with van der Waals surface area (Å²) in [4.78, 5) is 10.8. The van der Waals surface area contributed by atoms with Crippen LogP contribution in [0.1, 0.15) is 34.3 Å². The molecule has 0 aromatic heterocycles. The van der Waals surface area contributed by atoms with Gasteiger partial charge >= 0.3 is 5.97 Å². The topological polar surface area (TPSA) is 49.3 Å². The molecule has 3 rings (SSSR count). The smallest absolute Gasteiger partial charge is 0.335 e. The average Bonchev–Trinajstić information content (AvgIpc) is 3.30. The first-order chi connectivity index (χ1) is 11.1. The second kappa shape index (κ2) is 6.50. The van der Waals surface area contributed by atoms with Crippen molar-refractivity contribution in [1.82, 2.24) is 5.32 Å². The Morgan fingerprint density at radius 3 is 2.22 bits per heavy atom. The third kappa shape index (κ3) is 4.17. The highest BCUT2D eigenvalue weighted by Gasteiger charge is 2.41. The molecule has 2 N–H and O–H groups in total. The Hall–Kier alpha value is -2.20. The molecule has 0 unspecified atom stereocenters. The number of rotatable bonds is 7. The molecule has 1 aliphatic rings. The van der Waals surface area contributed by atoms with Crippen molar-refractivity contribution in [2.45, 2.75) is 25.8 Å². The van der Waals surface area contributed by atoms with E-state index in [9.17, 15) is 9.18 Å². The lowest BCUT2D eigenvalue weighted by Crippen LogP contribution is -2.25. The fourth-order valence-corrected chi connectivity index (χ4v) is 2.87. The van der Waals surface area contributed by atoms with Gasteiger partial charge in [0.25, 0.3) is 0 Å². The van der Waals surface area contributed by atoms with Gasteiger partial charge in [-0.2, -0.15) is 0 Å². The Morgan fingerprint density at radius 1 is 1.04 bits per heavy atom. The summed E-state index contributed by atoms with van der Waals surface area (Å²) in [5.74, 6) is -1.10. The summed E-state index contributed by atoms with van der Waals surface area (Å²) < 4.78 is 13.0. The zero-order valence-electron chi connectivity index (χ0n) is 12.9. The Kier molecular flexibility index (Phi) is 4.44. The van der Waals surface area contributed by atoms with Crippen LogP contribution in [-0.2, 0) is 13.0 Å². The standard InChI is InChI=1S/C19H20FNO2/c20-17-7-3-14(4-8-17)11-19(9-10-19)13-21-12-15-1-5-16(6-2-15)18(22)23/h1-8,21H,9-13H2,(H,22,23). The molecule has 0 heterocycles. The first-order valence-corrected chi connectivity index (χ1v) is 7.84. The summed E-state index contributed by atoms with van der Waals surface area (Å²) in [6.07, 6.45) is 3.35. The number of carboxylic acid groups (broad SMARTS) is 1. The van der Waals surface area contributed by atoms with Crippen LogP contribution in [0, 0.1) is 11.2 Å². The number of hydrogen-bond donors (Lipinski definition) is 2. The first-order valence-electron chi connectivity index (χ1n) is 7.84. The average molecular weight is 313 g/mol. The molecular formula is C19H20FNO2. The molecule has 0 amide bonds. The molecule has 120 valence electrons. The van der Waals surface area contributed by atoms with Gasteiger partial charge in [0.1, 0.15) is 5.82 Å². The molecule has 0 radical (unpaired) electrons. The van der Waals surface area contributed by atoms with Gasteiger partial charge in [0, 0.05) is 13.1 Å². The van der Waals surface area contributed by atoms with Crippen molar-refractivity contribution in [2.75, 3.05) is 6.54 Å². The summed E-state index contributed by atoms with van der Waals surface area (Å²) in [6.45, 7) is 1.65. The van der Waals surface area contributed by atoms with Gasteiger partial charge in [-0.15, -0.1) is 0 Å². The fourth-order valence-electron chi connectivity index (χ4n) is 2.87. The van der Waals surface area contributed by atoms with Gasteiger partial charge < -0.3 is 10.4 Å². The maximum absolute atomic E-state index is 13.0. The van der Waals surface area contributed by atoms with Crippen LogP contribution < -0.4 is 5.32 Å². The molecule has 0 bridgehead atoms. The van der Waals surface area contributed by atoms with E-state index in [1.807, 2.05) is 24.3 Å². The molecule has 3 nitrogen and oxygen atoms in total.